The first-order chi connectivity index (χ1) is 14.6. The van der Waals surface area contributed by atoms with Gasteiger partial charge in [0.15, 0.2) is 0 Å². The van der Waals surface area contributed by atoms with Crippen LogP contribution in [0.5, 0.6) is 0 Å². The summed E-state index contributed by atoms with van der Waals surface area (Å²) in [4.78, 5) is 20.5. The van der Waals surface area contributed by atoms with Crippen molar-refractivity contribution in [3.05, 3.63) is 69.1 Å². The minimum Gasteiger partial charge on any atom is -0.323 e. The molecule has 1 N–H and O–H groups in total. The second-order valence-electron chi connectivity index (χ2n) is 8.13. The minimum absolute atomic E-state index is 0.00963. The summed E-state index contributed by atoms with van der Waals surface area (Å²) in [6.07, 6.45) is 8.14. The van der Waals surface area contributed by atoms with Gasteiger partial charge in [0.1, 0.15) is 4.83 Å². The molecule has 4 aromatic rings. The Bertz CT molecular complexity index is 1250. The Labute approximate surface area is 179 Å². The van der Waals surface area contributed by atoms with Crippen molar-refractivity contribution in [2.75, 3.05) is 5.32 Å². The van der Waals surface area contributed by atoms with E-state index in [1.54, 1.807) is 22.1 Å². The maximum atomic E-state index is 13.4. The first-order valence-electron chi connectivity index (χ1n) is 10.5. The Morgan fingerprint density at radius 3 is 2.77 bits per heavy atom. The molecule has 7 heteroatoms. The van der Waals surface area contributed by atoms with E-state index >= 15 is 0 Å². The van der Waals surface area contributed by atoms with Crippen LogP contribution in [0.25, 0.3) is 10.2 Å². The zero-order valence-corrected chi connectivity index (χ0v) is 18.1. The third kappa shape index (κ3) is 3.43. The Morgan fingerprint density at radius 2 is 1.97 bits per heavy atom. The summed E-state index contributed by atoms with van der Waals surface area (Å²) in [6.45, 7) is 4.75. The van der Waals surface area contributed by atoms with Gasteiger partial charge < -0.3 is 5.32 Å². The summed E-state index contributed by atoms with van der Waals surface area (Å²) < 4.78 is 3.66. The highest BCUT2D eigenvalue weighted by Gasteiger charge is 2.23. The maximum Gasteiger partial charge on any atom is 0.264 e. The number of hydrogen-bond acceptors (Lipinski definition) is 5. The summed E-state index contributed by atoms with van der Waals surface area (Å²) in [5.41, 5.74) is 3.31. The molecule has 1 aliphatic carbocycles. The molecule has 3 aromatic heterocycles. The molecule has 0 fully saturated rings. The zero-order valence-electron chi connectivity index (χ0n) is 17.3. The molecule has 6 nitrogen and oxygen atoms in total. The summed E-state index contributed by atoms with van der Waals surface area (Å²) in [7, 11) is 0. The van der Waals surface area contributed by atoms with Gasteiger partial charge in [-0.25, -0.2) is 4.98 Å². The molecule has 0 unspecified atom stereocenters. The van der Waals surface area contributed by atoms with Gasteiger partial charge in [0.25, 0.3) is 5.56 Å². The second-order valence-corrected chi connectivity index (χ2v) is 9.22. The number of nitrogens with one attached hydrogen (secondary N) is 1. The Hall–Kier alpha value is -2.93. The van der Waals surface area contributed by atoms with E-state index < -0.39 is 0 Å². The lowest BCUT2D eigenvalue weighted by Gasteiger charge is -2.16. The number of aryl methyl sites for hydroxylation is 2. The number of nitrogens with zero attached hydrogens (tertiary/aromatic N) is 4. The molecule has 0 saturated carbocycles. The van der Waals surface area contributed by atoms with Gasteiger partial charge in [-0.1, -0.05) is 30.3 Å². The molecule has 0 bridgehead atoms. The summed E-state index contributed by atoms with van der Waals surface area (Å²) >= 11 is 1.68. The van der Waals surface area contributed by atoms with E-state index in [-0.39, 0.29) is 11.6 Å². The van der Waals surface area contributed by atoms with E-state index in [1.807, 2.05) is 42.9 Å². The molecule has 154 valence electrons. The molecule has 3 heterocycles. The number of benzene rings is 1. The van der Waals surface area contributed by atoms with Crippen molar-refractivity contribution in [1.82, 2.24) is 19.3 Å². The van der Waals surface area contributed by atoms with E-state index in [0.29, 0.717) is 12.5 Å². The molecular weight excluding hydrogens is 394 g/mol. The van der Waals surface area contributed by atoms with Gasteiger partial charge in [-0.15, -0.1) is 11.3 Å². The van der Waals surface area contributed by atoms with Gasteiger partial charge in [0.05, 0.1) is 23.8 Å². The van der Waals surface area contributed by atoms with E-state index in [9.17, 15) is 4.79 Å². The highest BCUT2D eigenvalue weighted by atomic mass is 32.1. The van der Waals surface area contributed by atoms with Crippen molar-refractivity contribution >= 4 is 33.2 Å². The average Bonchev–Trinajstić information content (AvgIpc) is 3.32. The number of rotatable bonds is 5. The first kappa shape index (κ1) is 19.1. The van der Waals surface area contributed by atoms with Crippen molar-refractivity contribution in [3.8, 4) is 0 Å². The predicted octanol–water partition coefficient (Wildman–Crippen LogP) is 4.91. The molecule has 1 aromatic carbocycles. The molecule has 0 radical (unpaired) electrons. The van der Waals surface area contributed by atoms with Crippen LogP contribution < -0.4 is 10.9 Å². The molecule has 1 aliphatic rings. The maximum absolute atomic E-state index is 13.4. The number of thiophene rings is 1. The lowest BCUT2D eigenvalue weighted by atomic mass is 9.97. The van der Waals surface area contributed by atoms with Crippen LogP contribution in [0.15, 0.2) is 47.5 Å². The van der Waals surface area contributed by atoms with E-state index in [2.05, 4.69) is 22.5 Å². The lowest BCUT2D eigenvalue weighted by Crippen LogP contribution is -2.26. The topological polar surface area (TPSA) is 64.7 Å². The quantitative estimate of drug-likeness (QED) is 0.499. The fourth-order valence-electron chi connectivity index (χ4n) is 4.20. The molecule has 0 aliphatic heterocycles. The van der Waals surface area contributed by atoms with Gasteiger partial charge in [0, 0.05) is 17.1 Å². The second kappa shape index (κ2) is 7.72. The number of anilines is 2. The normalized spacial score (nSPS) is 13.7. The molecular formula is C23H25N5OS. The highest BCUT2D eigenvalue weighted by molar-refractivity contribution is 7.18. The highest BCUT2D eigenvalue weighted by Crippen LogP contribution is 2.35. The monoisotopic (exact) mass is 419 g/mol. The van der Waals surface area contributed by atoms with Gasteiger partial charge in [-0.05, 0) is 50.7 Å². The van der Waals surface area contributed by atoms with Gasteiger partial charge in [-0.2, -0.15) is 5.10 Å². The van der Waals surface area contributed by atoms with E-state index in [0.717, 1.165) is 35.2 Å². The summed E-state index contributed by atoms with van der Waals surface area (Å²) in [5.74, 6) is 0.584. The minimum atomic E-state index is 0.00963. The van der Waals surface area contributed by atoms with Crippen LogP contribution in [0.4, 0.5) is 11.6 Å². The molecule has 0 amide bonds. The van der Waals surface area contributed by atoms with Crippen LogP contribution in [-0.2, 0) is 19.4 Å². The zero-order chi connectivity index (χ0) is 20.7. The van der Waals surface area contributed by atoms with Gasteiger partial charge >= 0.3 is 0 Å². The van der Waals surface area contributed by atoms with Crippen LogP contribution in [0.2, 0.25) is 0 Å². The van der Waals surface area contributed by atoms with Crippen molar-refractivity contribution in [2.45, 2.75) is 52.1 Å². The Kier molecular flexibility index (Phi) is 4.90. The fourth-order valence-corrected chi connectivity index (χ4v) is 5.45. The number of fused-ring (bicyclic) bond motifs is 3. The molecule has 5 rings (SSSR count). The smallest absolute Gasteiger partial charge is 0.264 e. The Balaban J connectivity index is 1.51. The standard InChI is InChI=1S/C23H25N5OS/c1-15(2)28-22(29)20-18-10-6-7-11-19(18)30-21(20)26-23(28)25-17-12-24-27(14-17)13-16-8-4-3-5-9-16/h3-5,8-9,12,14-15H,6-7,10-11,13H2,1-2H3,(H,25,26). The summed E-state index contributed by atoms with van der Waals surface area (Å²) in [6, 6.07) is 10.2. The van der Waals surface area contributed by atoms with Crippen molar-refractivity contribution < 1.29 is 0 Å². The van der Waals surface area contributed by atoms with Crippen LogP contribution in [0, 0.1) is 0 Å². The van der Waals surface area contributed by atoms with E-state index in [1.165, 1.54) is 22.4 Å². The average molecular weight is 420 g/mol. The number of aromatic nitrogens is 4. The third-order valence-corrected chi connectivity index (χ3v) is 6.80. The molecule has 0 saturated heterocycles. The van der Waals surface area contributed by atoms with Gasteiger partial charge in [-0.3, -0.25) is 14.0 Å². The van der Waals surface area contributed by atoms with Crippen molar-refractivity contribution in [2.24, 2.45) is 0 Å². The first-order valence-corrected chi connectivity index (χ1v) is 11.3. The van der Waals surface area contributed by atoms with Crippen LogP contribution in [0.1, 0.15) is 48.7 Å². The van der Waals surface area contributed by atoms with Crippen LogP contribution in [-0.4, -0.2) is 19.3 Å². The number of hydrogen-bond donors (Lipinski definition) is 1. The molecule has 30 heavy (non-hydrogen) atoms. The largest absolute Gasteiger partial charge is 0.323 e. The van der Waals surface area contributed by atoms with Crippen molar-refractivity contribution in [3.63, 3.8) is 0 Å². The Morgan fingerprint density at radius 1 is 1.17 bits per heavy atom. The SMILES string of the molecule is CC(C)n1c(Nc2cnn(Cc3ccccc3)c2)nc2sc3c(c2c1=O)CCCC3. The third-order valence-electron chi connectivity index (χ3n) is 5.61. The van der Waals surface area contributed by atoms with E-state index in [4.69, 9.17) is 4.98 Å². The summed E-state index contributed by atoms with van der Waals surface area (Å²) in [5, 5.41) is 8.64. The van der Waals surface area contributed by atoms with Gasteiger partial charge in [0.2, 0.25) is 5.95 Å². The molecule has 0 atom stereocenters. The van der Waals surface area contributed by atoms with Crippen molar-refractivity contribution in [1.29, 1.82) is 0 Å². The fraction of sp³-hybridized carbons (Fsp3) is 0.348. The molecule has 0 spiro atoms. The van der Waals surface area contributed by atoms with Crippen LogP contribution in [0.3, 0.4) is 0 Å². The lowest BCUT2D eigenvalue weighted by molar-refractivity contribution is 0.582. The predicted molar refractivity (Wildman–Crippen MR) is 122 cm³/mol. The van der Waals surface area contributed by atoms with Crippen LogP contribution >= 0.6 is 11.3 Å².